The summed E-state index contributed by atoms with van der Waals surface area (Å²) < 4.78 is 0. The van der Waals surface area contributed by atoms with Crippen molar-refractivity contribution in [2.24, 2.45) is 0 Å². The number of carbonyl (C=O) groups excluding carboxylic acids is 1. The smallest absolute Gasteiger partial charge is 0.252 e. The number of pyridine rings is 1. The molecule has 0 saturated heterocycles. The van der Waals surface area contributed by atoms with Crippen molar-refractivity contribution in [1.29, 1.82) is 0 Å². The Balaban J connectivity index is 1.90. The Kier molecular flexibility index (Phi) is 5.38. The third-order valence-corrected chi connectivity index (χ3v) is 3.75. The summed E-state index contributed by atoms with van der Waals surface area (Å²) in [5, 5.41) is 10.5. The highest BCUT2D eigenvalue weighted by Gasteiger charge is 2.09. The number of rotatable bonds is 6. The van der Waals surface area contributed by atoms with E-state index < -0.39 is 0 Å². The van der Waals surface area contributed by atoms with Gasteiger partial charge in [-0.2, -0.15) is 11.3 Å². The zero-order valence-electron chi connectivity index (χ0n) is 11.1. The lowest BCUT2D eigenvalue weighted by Crippen LogP contribution is -2.25. The van der Waals surface area contributed by atoms with E-state index >= 15 is 0 Å². The average Bonchev–Trinajstić information content (AvgIpc) is 2.94. The second kappa shape index (κ2) is 7.26. The Labute approximate surface area is 127 Å². The van der Waals surface area contributed by atoms with Crippen LogP contribution in [0.4, 0.5) is 5.82 Å². The lowest BCUT2D eigenvalue weighted by molar-refractivity contribution is 0.0954. The van der Waals surface area contributed by atoms with E-state index in [1.807, 2.05) is 12.3 Å². The van der Waals surface area contributed by atoms with Crippen LogP contribution in [0.5, 0.6) is 0 Å². The van der Waals surface area contributed by atoms with E-state index in [2.05, 4.69) is 27.1 Å². The van der Waals surface area contributed by atoms with Crippen LogP contribution in [0.3, 0.4) is 0 Å². The zero-order valence-corrected chi connectivity index (χ0v) is 12.7. The highest BCUT2D eigenvalue weighted by atomic mass is 35.5. The summed E-state index contributed by atoms with van der Waals surface area (Å²) in [6, 6.07) is 3.69. The molecule has 4 nitrogen and oxygen atoms in total. The van der Waals surface area contributed by atoms with Gasteiger partial charge in [-0.3, -0.25) is 4.79 Å². The van der Waals surface area contributed by atoms with E-state index in [4.69, 9.17) is 11.6 Å². The minimum absolute atomic E-state index is 0.155. The molecule has 0 fully saturated rings. The van der Waals surface area contributed by atoms with Crippen molar-refractivity contribution >= 4 is 34.7 Å². The van der Waals surface area contributed by atoms with Gasteiger partial charge in [0, 0.05) is 19.3 Å². The van der Waals surface area contributed by atoms with Crippen molar-refractivity contribution in [2.45, 2.75) is 13.3 Å². The molecule has 0 atom stereocenters. The van der Waals surface area contributed by atoms with E-state index in [1.165, 1.54) is 11.8 Å². The SMILES string of the molecule is CCNc1ncc(C(=O)NCCc2ccsc2)cc1Cl. The zero-order chi connectivity index (χ0) is 14.4. The molecule has 0 saturated carbocycles. The molecule has 0 bridgehead atoms. The second-order valence-corrected chi connectivity index (χ2v) is 5.41. The number of aromatic nitrogens is 1. The number of halogens is 1. The van der Waals surface area contributed by atoms with Crippen LogP contribution in [0.1, 0.15) is 22.8 Å². The molecule has 0 radical (unpaired) electrons. The molecule has 0 aliphatic heterocycles. The third kappa shape index (κ3) is 3.95. The van der Waals surface area contributed by atoms with Gasteiger partial charge >= 0.3 is 0 Å². The first-order chi connectivity index (χ1) is 9.70. The highest BCUT2D eigenvalue weighted by Crippen LogP contribution is 2.19. The largest absolute Gasteiger partial charge is 0.369 e. The van der Waals surface area contributed by atoms with Crippen molar-refractivity contribution in [3.63, 3.8) is 0 Å². The van der Waals surface area contributed by atoms with Crippen LogP contribution in [0.2, 0.25) is 5.02 Å². The van der Waals surface area contributed by atoms with E-state index in [0.717, 1.165) is 13.0 Å². The maximum absolute atomic E-state index is 12.0. The number of carbonyl (C=O) groups is 1. The fourth-order valence-corrected chi connectivity index (χ4v) is 2.65. The first-order valence-corrected chi connectivity index (χ1v) is 7.71. The average molecular weight is 310 g/mol. The molecule has 2 aromatic heterocycles. The number of hydrogen-bond acceptors (Lipinski definition) is 4. The van der Waals surface area contributed by atoms with Crippen LogP contribution >= 0.6 is 22.9 Å². The monoisotopic (exact) mass is 309 g/mol. The molecule has 0 aliphatic carbocycles. The van der Waals surface area contributed by atoms with Gasteiger partial charge in [-0.05, 0) is 41.8 Å². The van der Waals surface area contributed by atoms with Gasteiger partial charge in [0.05, 0.1) is 10.6 Å². The first kappa shape index (κ1) is 14.8. The molecule has 0 aromatic carbocycles. The number of nitrogens with one attached hydrogen (secondary N) is 2. The maximum atomic E-state index is 12.0. The van der Waals surface area contributed by atoms with Crippen molar-refractivity contribution in [3.05, 3.63) is 45.2 Å². The summed E-state index contributed by atoms with van der Waals surface area (Å²) in [5.74, 6) is 0.446. The van der Waals surface area contributed by atoms with Gasteiger partial charge in [-0.25, -0.2) is 4.98 Å². The van der Waals surface area contributed by atoms with Crippen molar-refractivity contribution < 1.29 is 4.79 Å². The molecule has 0 spiro atoms. The van der Waals surface area contributed by atoms with E-state index in [1.54, 1.807) is 17.4 Å². The van der Waals surface area contributed by atoms with Gasteiger partial charge in [0.15, 0.2) is 0 Å². The molecule has 2 N–H and O–H groups in total. The van der Waals surface area contributed by atoms with E-state index in [0.29, 0.717) is 22.9 Å². The highest BCUT2D eigenvalue weighted by molar-refractivity contribution is 7.07. The Morgan fingerprint density at radius 3 is 3.00 bits per heavy atom. The minimum Gasteiger partial charge on any atom is -0.369 e. The Hall–Kier alpha value is -1.59. The molecule has 2 aromatic rings. The van der Waals surface area contributed by atoms with Crippen LogP contribution in [-0.4, -0.2) is 24.0 Å². The lowest BCUT2D eigenvalue weighted by Gasteiger charge is -2.08. The number of anilines is 1. The van der Waals surface area contributed by atoms with Crippen LogP contribution in [0.25, 0.3) is 0 Å². The molecular formula is C14H16ClN3OS. The molecule has 106 valence electrons. The van der Waals surface area contributed by atoms with Crippen molar-refractivity contribution in [1.82, 2.24) is 10.3 Å². The Morgan fingerprint density at radius 2 is 2.35 bits per heavy atom. The number of hydrogen-bond donors (Lipinski definition) is 2. The molecule has 0 unspecified atom stereocenters. The van der Waals surface area contributed by atoms with Gasteiger partial charge in [-0.15, -0.1) is 0 Å². The fraction of sp³-hybridized carbons (Fsp3) is 0.286. The molecule has 0 aliphatic rings. The summed E-state index contributed by atoms with van der Waals surface area (Å²) in [7, 11) is 0. The number of thiophene rings is 1. The third-order valence-electron chi connectivity index (χ3n) is 2.73. The number of amides is 1. The van der Waals surface area contributed by atoms with E-state index in [9.17, 15) is 4.79 Å². The number of nitrogens with zero attached hydrogens (tertiary/aromatic N) is 1. The topological polar surface area (TPSA) is 54.0 Å². The summed E-state index contributed by atoms with van der Waals surface area (Å²) in [5.41, 5.74) is 1.70. The van der Waals surface area contributed by atoms with Crippen LogP contribution < -0.4 is 10.6 Å². The predicted octanol–water partition coefficient (Wildman–Crippen LogP) is 3.20. The molecular weight excluding hydrogens is 294 g/mol. The minimum atomic E-state index is -0.155. The first-order valence-electron chi connectivity index (χ1n) is 6.39. The summed E-state index contributed by atoms with van der Waals surface area (Å²) in [4.78, 5) is 16.1. The summed E-state index contributed by atoms with van der Waals surface area (Å²) in [6.45, 7) is 3.30. The van der Waals surface area contributed by atoms with Gasteiger partial charge in [-0.1, -0.05) is 11.6 Å². The molecule has 6 heteroatoms. The second-order valence-electron chi connectivity index (χ2n) is 4.22. The quantitative estimate of drug-likeness (QED) is 0.861. The van der Waals surface area contributed by atoms with Gasteiger partial charge in [0.2, 0.25) is 0 Å². The fourth-order valence-electron chi connectivity index (χ4n) is 1.72. The van der Waals surface area contributed by atoms with Gasteiger partial charge < -0.3 is 10.6 Å². The van der Waals surface area contributed by atoms with Gasteiger partial charge in [0.1, 0.15) is 5.82 Å². The Morgan fingerprint density at radius 1 is 1.50 bits per heavy atom. The predicted molar refractivity (Wildman–Crippen MR) is 83.8 cm³/mol. The molecule has 2 rings (SSSR count). The van der Waals surface area contributed by atoms with Crippen LogP contribution in [0.15, 0.2) is 29.1 Å². The van der Waals surface area contributed by atoms with Crippen LogP contribution in [-0.2, 0) is 6.42 Å². The molecule has 1 amide bonds. The maximum Gasteiger partial charge on any atom is 0.252 e. The Bertz CT molecular complexity index is 572. The molecule has 20 heavy (non-hydrogen) atoms. The van der Waals surface area contributed by atoms with E-state index in [-0.39, 0.29) is 5.91 Å². The van der Waals surface area contributed by atoms with Crippen LogP contribution in [0, 0.1) is 0 Å². The molecule has 2 heterocycles. The standard InChI is InChI=1S/C14H16ClN3OS/c1-2-16-13-12(15)7-11(8-18-13)14(19)17-5-3-10-4-6-20-9-10/h4,6-9H,2-3,5H2,1H3,(H,16,18)(H,17,19). The summed E-state index contributed by atoms with van der Waals surface area (Å²) in [6.07, 6.45) is 2.36. The van der Waals surface area contributed by atoms with Gasteiger partial charge in [0.25, 0.3) is 5.91 Å². The summed E-state index contributed by atoms with van der Waals surface area (Å²) >= 11 is 7.72. The lowest BCUT2D eigenvalue weighted by atomic mass is 10.2. The van der Waals surface area contributed by atoms with Crippen molar-refractivity contribution in [2.75, 3.05) is 18.4 Å². The normalized spacial score (nSPS) is 10.3. The van der Waals surface area contributed by atoms with Crippen molar-refractivity contribution in [3.8, 4) is 0 Å².